The molecule has 3 amide bonds. The lowest BCUT2D eigenvalue weighted by Crippen LogP contribution is -2.49. The van der Waals surface area contributed by atoms with Crippen molar-refractivity contribution < 1.29 is 33.8 Å². The van der Waals surface area contributed by atoms with Crippen LogP contribution < -0.4 is 16.0 Å². The number of nitrogens with one attached hydrogen (secondary N) is 3. The minimum Gasteiger partial charge on any atom is -0.480 e. The number of carbonyl (C=O) groups excluding carboxylic acids is 4. The third kappa shape index (κ3) is 13.8. The second kappa shape index (κ2) is 13.3. The summed E-state index contributed by atoms with van der Waals surface area (Å²) in [6.07, 6.45) is -0.148. The molecule has 0 aliphatic heterocycles. The highest BCUT2D eigenvalue weighted by Gasteiger charge is 2.25. The van der Waals surface area contributed by atoms with E-state index in [2.05, 4.69) is 20.7 Å². The summed E-state index contributed by atoms with van der Waals surface area (Å²) in [5.74, 6) is -3.22. The Morgan fingerprint density at radius 2 is 1.69 bits per heavy atom. The van der Waals surface area contributed by atoms with Crippen molar-refractivity contribution in [2.24, 2.45) is 0 Å². The lowest BCUT2D eigenvalue weighted by atomic mass is 10.1. The average Bonchev–Trinajstić information content (AvgIpc) is 2.60. The van der Waals surface area contributed by atoms with Crippen LogP contribution in [0, 0.1) is 0 Å². The van der Waals surface area contributed by atoms with Gasteiger partial charge in [0, 0.05) is 23.8 Å². The maximum absolute atomic E-state index is 12.3. The van der Waals surface area contributed by atoms with Crippen molar-refractivity contribution in [2.45, 2.75) is 57.4 Å². The van der Waals surface area contributed by atoms with Gasteiger partial charge in [-0.3, -0.25) is 19.2 Å². The standard InChI is InChI=1S/C17H29N3O7S2/c1-10(21)19-11(16(26)27-5)6-7-13(22)20-12(9-28-29-17(2,3)4)15(25)18-8-14(23)24/h11-12H,6-9H2,1-5H3,(H,18,25)(H,19,21)(H,20,22)(H,23,24)/t11-,12-/m0/s1. The smallest absolute Gasteiger partial charge is 0.328 e. The lowest BCUT2D eigenvalue weighted by Gasteiger charge is -2.21. The Kier molecular flexibility index (Phi) is 12.4. The first-order valence-corrected chi connectivity index (χ1v) is 11.1. The first-order valence-electron chi connectivity index (χ1n) is 8.80. The molecule has 0 rings (SSSR count). The summed E-state index contributed by atoms with van der Waals surface area (Å²) in [5.41, 5.74) is 0. The van der Waals surface area contributed by atoms with Gasteiger partial charge in [-0.2, -0.15) is 0 Å². The van der Waals surface area contributed by atoms with Gasteiger partial charge in [0.2, 0.25) is 17.7 Å². The zero-order valence-corrected chi connectivity index (χ0v) is 18.8. The van der Waals surface area contributed by atoms with Crippen LogP contribution in [0.1, 0.15) is 40.5 Å². The first kappa shape index (κ1) is 27.0. The third-order valence-electron chi connectivity index (χ3n) is 3.13. The number of amides is 3. The van der Waals surface area contributed by atoms with Gasteiger partial charge in [-0.15, -0.1) is 0 Å². The summed E-state index contributed by atoms with van der Waals surface area (Å²) in [5, 5.41) is 15.9. The fraction of sp³-hybridized carbons (Fsp3) is 0.706. The molecule has 12 heteroatoms. The van der Waals surface area contributed by atoms with E-state index in [1.54, 1.807) is 0 Å². The fourth-order valence-electron chi connectivity index (χ4n) is 1.93. The predicted molar refractivity (Wildman–Crippen MR) is 111 cm³/mol. The Hall–Kier alpha value is -1.95. The zero-order valence-electron chi connectivity index (χ0n) is 17.2. The van der Waals surface area contributed by atoms with Gasteiger partial charge in [-0.05, 0) is 6.42 Å². The number of hydrogen-bond donors (Lipinski definition) is 4. The summed E-state index contributed by atoms with van der Waals surface area (Å²) < 4.78 is 4.53. The SMILES string of the molecule is COC(=O)[C@H](CCC(=O)N[C@@H](CSSC(C)(C)C)C(=O)NCC(=O)O)NC(C)=O. The van der Waals surface area contributed by atoms with Crippen molar-refractivity contribution in [3.05, 3.63) is 0 Å². The maximum atomic E-state index is 12.3. The number of carboxylic acid groups (broad SMARTS) is 1. The van der Waals surface area contributed by atoms with Crippen LogP contribution in [-0.4, -0.2) is 71.0 Å². The van der Waals surface area contributed by atoms with Crippen molar-refractivity contribution >= 4 is 51.2 Å². The second-order valence-electron chi connectivity index (χ2n) is 7.03. The molecule has 0 spiro atoms. The summed E-state index contributed by atoms with van der Waals surface area (Å²) in [4.78, 5) is 58.0. The van der Waals surface area contributed by atoms with Gasteiger partial charge >= 0.3 is 11.9 Å². The summed E-state index contributed by atoms with van der Waals surface area (Å²) in [7, 11) is 4.07. The number of methoxy groups -OCH3 is 1. The van der Waals surface area contributed by atoms with E-state index in [1.165, 1.54) is 35.6 Å². The molecule has 0 heterocycles. The molecule has 0 aliphatic rings. The van der Waals surface area contributed by atoms with Gasteiger partial charge < -0.3 is 25.8 Å². The van der Waals surface area contributed by atoms with Crippen LogP contribution in [0.2, 0.25) is 0 Å². The van der Waals surface area contributed by atoms with E-state index in [4.69, 9.17) is 5.11 Å². The topological polar surface area (TPSA) is 151 Å². The monoisotopic (exact) mass is 451 g/mol. The number of carbonyl (C=O) groups is 5. The van der Waals surface area contributed by atoms with Gasteiger partial charge in [-0.25, -0.2) is 4.79 Å². The minimum absolute atomic E-state index is 0.00850. The van der Waals surface area contributed by atoms with Crippen LogP contribution in [0.25, 0.3) is 0 Å². The summed E-state index contributed by atoms with van der Waals surface area (Å²) >= 11 is 0. The van der Waals surface area contributed by atoms with E-state index in [0.29, 0.717) is 0 Å². The Bertz CT molecular complexity index is 608. The Labute approximate surface area is 178 Å². The van der Waals surface area contributed by atoms with E-state index in [1.807, 2.05) is 20.8 Å². The molecule has 4 N–H and O–H groups in total. The molecule has 166 valence electrons. The quantitative estimate of drug-likeness (QED) is 0.243. The van der Waals surface area contributed by atoms with Crippen molar-refractivity contribution in [1.29, 1.82) is 0 Å². The molecule has 29 heavy (non-hydrogen) atoms. The largest absolute Gasteiger partial charge is 0.480 e. The van der Waals surface area contributed by atoms with Crippen molar-refractivity contribution in [3.63, 3.8) is 0 Å². The van der Waals surface area contributed by atoms with Crippen LogP contribution in [0.5, 0.6) is 0 Å². The van der Waals surface area contributed by atoms with Crippen molar-refractivity contribution in [1.82, 2.24) is 16.0 Å². The lowest BCUT2D eigenvalue weighted by molar-refractivity contribution is -0.145. The van der Waals surface area contributed by atoms with Crippen molar-refractivity contribution in [2.75, 3.05) is 19.4 Å². The van der Waals surface area contributed by atoms with Gasteiger partial charge in [0.05, 0.1) is 7.11 Å². The van der Waals surface area contributed by atoms with E-state index >= 15 is 0 Å². The zero-order chi connectivity index (χ0) is 22.6. The van der Waals surface area contributed by atoms with E-state index in [0.717, 1.165) is 0 Å². The molecule has 0 aromatic carbocycles. The normalized spacial score (nSPS) is 13.0. The molecule has 10 nitrogen and oxygen atoms in total. The molecule has 0 aromatic heterocycles. The number of carboxylic acids is 1. The van der Waals surface area contributed by atoms with E-state index < -0.39 is 48.3 Å². The molecule has 0 aromatic rings. The Balaban J connectivity index is 4.88. The molecule has 2 atom stereocenters. The number of rotatable bonds is 12. The Morgan fingerprint density at radius 3 is 2.17 bits per heavy atom. The second-order valence-corrected chi connectivity index (χ2v) is 10.2. The average molecular weight is 452 g/mol. The van der Waals surface area contributed by atoms with E-state index in [-0.39, 0.29) is 23.3 Å². The van der Waals surface area contributed by atoms with Gasteiger partial charge in [0.15, 0.2) is 0 Å². The molecular weight excluding hydrogens is 422 g/mol. The highest BCUT2D eigenvalue weighted by atomic mass is 33.1. The minimum atomic E-state index is -1.20. The number of esters is 1. The third-order valence-corrected chi connectivity index (χ3v) is 6.48. The summed E-state index contributed by atoms with van der Waals surface area (Å²) in [6.45, 7) is 6.67. The molecule has 0 saturated carbocycles. The first-order chi connectivity index (χ1) is 13.4. The molecule has 0 aliphatic carbocycles. The van der Waals surface area contributed by atoms with Gasteiger partial charge in [0.1, 0.15) is 18.6 Å². The predicted octanol–water partition coefficient (Wildman–Crippen LogP) is 0.310. The number of hydrogen-bond acceptors (Lipinski definition) is 8. The molecule has 0 radical (unpaired) electrons. The van der Waals surface area contributed by atoms with Crippen LogP contribution in [0.3, 0.4) is 0 Å². The fourth-order valence-corrected chi connectivity index (χ4v) is 4.39. The highest BCUT2D eigenvalue weighted by molar-refractivity contribution is 8.77. The maximum Gasteiger partial charge on any atom is 0.328 e. The highest BCUT2D eigenvalue weighted by Crippen LogP contribution is 2.35. The molecule has 0 saturated heterocycles. The molecule has 0 fully saturated rings. The molecule has 0 bridgehead atoms. The molecule has 0 unspecified atom stereocenters. The van der Waals surface area contributed by atoms with E-state index in [9.17, 15) is 24.0 Å². The summed E-state index contributed by atoms with van der Waals surface area (Å²) in [6, 6.07) is -1.92. The Morgan fingerprint density at radius 1 is 1.07 bits per heavy atom. The number of aliphatic carboxylic acids is 1. The van der Waals surface area contributed by atoms with Crippen molar-refractivity contribution in [3.8, 4) is 0 Å². The molecular formula is C17H29N3O7S2. The van der Waals surface area contributed by atoms with Gasteiger partial charge in [-0.1, -0.05) is 42.4 Å². The number of ether oxygens (including phenoxy) is 1. The van der Waals surface area contributed by atoms with Crippen LogP contribution in [-0.2, 0) is 28.7 Å². The van der Waals surface area contributed by atoms with Crippen LogP contribution >= 0.6 is 21.6 Å². The van der Waals surface area contributed by atoms with Gasteiger partial charge in [0.25, 0.3) is 0 Å². The van der Waals surface area contributed by atoms with Crippen LogP contribution in [0.15, 0.2) is 0 Å². The van der Waals surface area contributed by atoms with Crippen LogP contribution in [0.4, 0.5) is 0 Å².